The zero-order valence-electron chi connectivity index (χ0n) is 13.4. The molecule has 0 bridgehead atoms. The van der Waals surface area contributed by atoms with Gasteiger partial charge in [-0.1, -0.05) is 17.7 Å². The second-order valence-electron chi connectivity index (χ2n) is 7.47. The number of benzene rings is 1. The van der Waals surface area contributed by atoms with Gasteiger partial charge >= 0.3 is 6.09 Å². The van der Waals surface area contributed by atoms with E-state index in [1.165, 1.54) is 16.2 Å². The van der Waals surface area contributed by atoms with Gasteiger partial charge in [0.2, 0.25) is 0 Å². The van der Waals surface area contributed by atoms with Gasteiger partial charge in [0.05, 0.1) is 0 Å². The van der Waals surface area contributed by atoms with Gasteiger partial charge in [0.15, 0.2) is 0 Å². The van der Waals surface area contributed by atoms with Crippen LogP contribution in [0.3, 0.4) is 0 Å². The second kappa shape index (κ2) is 5.05. The highest BCUT2D eigenvalue weighted by Gasteiger charge is 2.47. The van der Waals surface area contributed by atoms with E-state index in [0.29, 0.717) is 13.1 Å². The molecule has 1 N–H and O–H groups in total. The maximum absolute atomic E-state index is 11.2. The van der Waals surface area contributed by atoms with E-state index in [2.05, 4.69) is 37.8 Å². The molecule has 2 aliphatic heterocycles. The Balaban J connectivity index is 1.97. The molecule has 0 radical (unpaired) electrons. The maximum Gasteiger partial charge on any atom is 0.407 e. The lowest BCUT2D eigenvalue weighted by Gasteiger charge is -2.41. The van der Waals surface area contributed by atoms with Crippen molar-refractivity contribution in [2.24, 2.45) is 0 Å². The highest BCUT2D eigenvalue weighted by atomic mass is 35.5. The molecule has 22 heavy (non-hydrogen) atoms. The van der Waals surface area contributed by atoms with Crippen LogP contribution < -0.4 is 4.90 Å². The number of piperidine rings is 1. The molecule has 0 atom stereocenters. The van der Waals surface area contributed by atoms with E-state index in [1.54, 1.807) is 0 Å². The molecule has 1 spiro atoms. The Morgan fingerprint density at radius 3 is 2.45 bits per heavy atom. The third kappa shape index (κ3) is 2.43. The molecule has 1 aromatic rings. The number of carboxylic acid groups (broad SMARTS) is 1. The van der Waals surface area contributed by atoms with Crippen LogP contribution in [0.2, 0.25) is 5.02 Å². The van der Waals surface area contributed by atoms with Gasteiger partial charge in [-0.05, 0) is 51.3 Å². The Kier molecular flexibility index (Phi) is 3.55. The third-order valence-electron chi connectivity index (χ3n) is 5.08. The first-order chi connectivity index (χ1) is 10.2. The SMILES string of the molecule is CC(C)(C)N1CC2(CCN(C(=O)O)CC2)c2ccc(Cl)cc21. The summed E-state index contributed by atoms with van der Waals surface area (Å²) in [5, 5.41) is 9.94. The molecule has 1 fully saturated rings. The van der Waals surface area contributed by atoms with E-state index >= 15 is 0 Å². The minimum absolute atomic E-state index is 0.0207. The van der Waals surface area contributed by atoms with E-state index < -0.39 is 6.09 Å². The van der Waals surface area contributed by atoms with E-state index in [9.17, 15) is 9.90 Å². The molecule has 1 aromatic carbocycles. The monoisotopic (exact) mass is 322 g/mol. The van der Waals surface area contributed by atoms with Crippen LogP contribution in [0.1, 0.15) is 39.2 Å². The molecule has 2 heterocycles. The fraction of sp³-hybridized carbons (Fsp3) is 0.588. The molecule has 5 heteroatoms. The highest BCUT2D eigenvalue weighted by molar-refractivity contribution is 6.30. The molecule has 120 valence electrons. The molecule has 0 aromatic heterocycles. The molecule has 3 rings (SSSR count). The Hall–Kier alpha value is -1.42. The minimum Gasteiger partial charge on any atom is -0.465 e. The smallest absolute Gasteiger partial charge is 0.407 e. The summed E-state index contributed by atoms with van der Waals surface area (Å²) in [6.07, 6.45) is 0.943. The number of hydrogen-bond acceptors (Lipinski definition) is 2. The zero-order chi connectivity index (χ0) is 16.1. The van der Waals surface area contributed by atoms with Crippen molar-refractivity contribution in [1.82, 2.24) is 4.90 Å². The fourth-order valence-corrected chi connectivity index (χ4v) is 3.97. The summed E-state index contributed by atoms with van der Waals surface area (Å²) in [5.74, 6) is 0. The quantitative estimate of drug-likeness (QED) is 0.786. The van der Waals surface area contributed by atoms with Gasteiger partial charge in [0, 0.05) is 41.3 Å². The fourth-order valence-electron chi connectivity index (χ4n) is 3.80. The van der Waals surface area contributed by atoms with Crippen LogP contribution in [-0.4, -0.2) is 41.3 Å². The topological polar surface area (TPSA) is 43.8 Å². The minimum atomic E-state index is -0.808. The molecule has 1 saturated heterocycles. The van der Waals surface area contributed by atoms with Gasteiger partial charge in [0.1, 0.15) is 0 Å². The number of halogens is 1. The number of likely N-dealkylation sites (tertiary alicyclic amines) is 1. The molecule has 1 amide bonds. The largest absolute Gasteiger partial charge is 0.465 e. The predicted molar refractivity (Wildman–Crippen MR) is 89.1 cm³/mol. The highest BCUT2D eigenvalue weighted by Crippen LogP contribution is 2.49. The van der Waals surface area contributed by atoms with Crippen molar-refractivity contribution in [2.75, 3.05) is 24.5 Å². The molecular weight excluding hydrogens is 300 g/mol. The van der Waals surface area contributed by atoms with Crippen molar-refractivity contribution in [3.8, 4) is 0 Å². The molecule has 2 aliphatic rings. The van der Waals surface area contributed by atoms with Gasteiger partial charge < -0.3 is 14.9 Å². The average Bonchev–Trinajstić information content (AvgIpc) is 2.73. The third-order valence-corrected chi connectivity index (χ3v) is 5.32. The van der Waals surface area contributed by atoms with Crippen LogP contribution in [0.15, 0.2) is 18.2 Å². The van der Waals surface area contributed by atoms with Gasteiger partial charge in [-0.2, -0.15) is 0 Å². The van der Waals surface area contributed by atoms with E-state index in [4.69, 9.17) is 11.6 Å². The molecule has 4 nitrogen and oxygen atoms in total. The summed E-state index contributed by atoms with van der Waals surface area (Å²) in [4.78, 5) is 15.1. The number of amides is 1. The van der Waals surface area contributed by atoms with Gasteiger partial charge in [0.25, 0.3) is 0 Å². The first-order valence-corrected chi connectivity index (χ1v) is 8.16. The van der Waals surface area contributed by atoms with Crippen LogP contribution in [0.4, 0.5) is 10.5 Å². The number of anilines is 1. The van der Waals surface area contributed by atoms with Crippen molar-refractivity contribution in [3.63, 3.8) is 0 Å². The first kappa shape index (κ1) is 15.5. The normalized spacial score (nSPS) is 20.4. The summed E-state index contributed by atoms with van der Waals surface area (Å²) in [5.41, 5.74) is 2.62. The molecular formula is C17H23ClN2O2. The second-order valence-corrected chi connectivity index (χ2v) is 7.90. The summed E-state index contributed by atoms with van der Waals surface area (Å²) < 4.78 is 0. The number of fused-ring (bicyclic) bond motifs is 2. The lowest BCUT2D eigenvalue weighted by Crippen LogP contribution is -2.49. The van der Waals surface area contributed by atoms with Crippen LogP contribution in [0.5, 0.6) is 0 Å². The van der Waals surface area contributed by atoms with Gasteiger partial charge in [-0.3, -0.25) is 0 Å². The van der Waals surface area contributed by atoms with E-state index in [1.807, 2.05) is 6.07 Å². The summed E-state index contributed by atoms with van der Waals surface area (Å²) in [6, 6.07) is 6.15. The lowest BCUT2D eigenvalue weighted by molar-refractivity contribution is 0.118. The standard InChI is InChI=1S/C17H23ClN2O2/c1-16(2,3)20-11-17(6-8-19(9-7-17)15(21)22)13-5-4-12(18)10-14(13)20/h4-5,10H,6-9,11H2,1-3H3,(H,21,22). The summed E-state index contributed by atoms with van der Waals surface area (Å²) in [6.45, 7) is 8.79. The predicted octanol–water partition coefficient (Wildman–Crippen LogP) is 3.97. The average molecular weight is 323 g/mol. The molecule has 0 unspecified atom stereocenters. The van der Waals surface area contributed by atoms with Gasteiger partial charge in [-0.15, -0.1) is 0 Å². The summed E-state index contributed by atoms with van der Waals surface area (Å²) in [7, 11) is 0. The first-order valence-electron chi connectivity index (χ1n) is 7.78. The van der Waals surface area contributed by atoms with Crippen LogP contribution in [0.25, 0.3) is 0 Å². The number of hydrogen-bond donors (Lipinski definition) is 1. The lowest BCUT2D eigenvalue weighted by atomic mass is 9.74. The van der Waals surface area contributed by atoms with Crippen LogP contribution >= 0.6 is 11.6 Å². The Labute approximate surface area is 136 Å². The number of rotatable bonds is 0. The van der Waals surface area contributed by atoms with Crippen molar-refractivity contribution >= 4 is 23.4 Å². The van der Waals surface area contributed by atoms with E-state index in [0.717, 1.165) is 24.4 Å². The molecule has 0 aliphatic carbocycles. The number of carbonyl (C=O) groups is 1. The zero-order valence-corrected chi connectivity index (χ0v) is 14.2. The van der Waals surface area contributed by atoms with Crippen molar-refractivity contribution in [3.05, 3.63) is 28.8 Å². The molecule has 0 saturated carbocycles. The van der Waals surface area contributed by atoms with E-state index in [-0.39, 0.29) is 11.0 Å². The maximum atomic E-state index is 11.2. The van der Waals surface area contributed by atoms with Crippen molar-refractivity contribution in [2.45, 2.75) is 44.6 Å². The summed E-state index contributed by atoms with van der Waals surface area (Å²) >= 11 is 6.22. The Morgan fingerprint density at radius 2 is 1.91 bits per heavy atom. The van der Waals surface area contributed by atoms with Gasteiger partial charge in [-0.25, -0.2) is 4.79 Å². The Morgan fingerprint density at radius 1 is 1.27 bits per heavy atom. The van der Waals surface area contributed by atoms with Crippen LogP contribution in [-0.2, 0) is 5.41 Å². The Bertz CT molecular complexity index is 601. The van der Waals surface area contributed by atoms with Crippen LogP contribution in [0, 0.1) is 0 Å². The number of nitrogens with zero attached hydrogens (tertiary/aromatic N) is 2. The van der Waals surface area contributed by atoms with Crippen molar-refractivity contribution in [1.29, 1.82) is 0 Å². The van der Waals surface area contributed by atoms with Crippen molar-refractivity contribution < 1.29 is 9.90 Å².